The number of halogens is 1. The number of nitrogens with one attached hydrogen (secondary N) is 1. The van der Waals surface area contributed by atoms with Crippen LogP contribution in [0, 0.1) is 0 Å². The van der Waals surface area contributed by atoms with Crippen LogP contribution in [0.1, 0.15) is 0 Å². The summed E-state index contributed by atoms with van der Waals surface area (Å²) in [6.07, 6.45) is 5.22. The number of aromatic nitrogens is 2. The largest absolute Gasteiger partial charge is 0.338 e. The first-order valence-electron chi connectivity index (χ1n) is 6.17. The fraction of sp³-hybridized carbons (Fsp3) is 0.0667. The molecule has 100 valence electrons. The van der Waals surface area contributed by atoms with E-state index in [1.807, 2.05) is 35.0 Å². The van der Waals surface area contributed by atoms with Crippen LogP contribution in [-0.4, -0.2) is 15.5 Å². The van der Waals surface area contributed by atoms with E-state index in [1.54, 1.807) is 24.5 Å². The van der Waals surface area contributed by atoms with E-state index in [0.29, 0.717) is 0 Å². The van der Waals surface area contributed by atoms with Gasteiger partial charge in [-0.3, -0.25) is 9.78 Å². The molecule has 1 N–H and O–H groups in total. The van der Waals surface area contributed by atoms with Gasteiger partial charge in [0.1, 0.15) is 6.54 Å². The molecule has 0 bridgehead atoms. The van der Waals surface area contributed by atoms with Crippen LogP contribution in [-0.2, 0) is 11.3 Å². The molecule has 0 aliphatic rings. The molecule has 0 unspecified atom stereocenters. The third-order valence-corrected chi connectivity index (χ3v) is 3.51. The second kappa shape index (κ2) is 5.46. The second-order valence-electron chi connectivity index (χ2n) is 4.43. The van der Waals surface area contributed by atoms with Crippen LogP contribution >= 0.6 is 15.9 Å². The molecular weight excluding hydrogens is 318 g/mol. The number of pyridine rings is 1. The van der Waals surface area contributed by atoms with Gasteiger partial charge in [-0.25, -0.2) is 0 Å². The molecule has 4 nitrogen and oxygen atoms in total. The zero-order valence-electron chi connectivity index (χ0n) is 10.6. The standard InChI is InChI=1S/C15H12BrN3O/c16-12-2-1-11-5-8-19(14(11)9-12)10-15(20)18-13-3-6-17-7-4-13/h1-9H,10H2,(H,17,18,20). The van der Waals surface area contributed by atoms with Gasteiger partial charge in [0.2, 0.25) is 5.91 Å². The number of nitrogens with zero attached hydrogens (tertiary/aromatic N) is 2. The zero-order valence-corrected chi connectivity index (χ0v) is 12.2. The zero-order chi connectivity index (χ0) is 13.9. The van der Waals surface area contributed by atoms with Crippen molar-refractivity contribution < 1.29 is 4.79 Å². The molecule has 0 saturated carbocycles. The minimum absolute atomic E-state index is 0.0614. The summed E-state index contributed by atoms with van der Waals surface area (Å²) in [5.74, 6) is -0.0614. The minimum Gasteiger partial charge on any atom is -0.338 e. The van der Waals surface area contributed by atoms with Crippen LogP contribution in [0.4, 0.5) is 5.69 Å². The number of fused-ring (bicyclic) bond motifs is 1. The van der Waals surface area contributed by atoms with Crippen molar-refractivity contribution in [2.75, 3.05) is 5.32 Å². The average Bonchev–Trinajstić information content (AvgIpc) is 2.82. The molecule has 0 atom stereocenters. The first kappa shape index (κ1) is 12.9. The van der Waals surface area contributed by atoms with Gasteiger partial charge in [0, 0.05) is 34.3 Å². The summed E-state index contributed by atoms with van der Waals surface area (Å²) in [5.41, 5.74) is 1.78. The molecule has 5 heteroatoms. The summed E-state index contributed by atoms with van der Waals surface area (Å²) in [6, 6.07) is 11.6. The maximum atomic E-state index is 12.0. The number of anilines is 1. The van der Waals surface area contributed by atoms with Crippen LogP contribution in [0.5, 0.6) is 0 Å². The summed E-state index contributed by atoms with van der Waals surface area (Å²) in [7, 11) is 0. The van der Waals surface area contributed by atoms with E-state index >= 15 is 0 Å². The predicted molar refractivity (Wildman–Crippen MR) is 82.5 cm³/mol. The molecule has 0 radical (unpaired) electrons. The monoisotopic (exact) mass is 329 g/mol. The van der Waals surface area contributed by atoms with Gasteiger partial charge in [0.25, 0.3) is 0 Å². The molecule has 20 heavy (non-hydrogen) atoms. The van der Waals surface area contributed by atoms with Crippen molar-refractivity contribution in [2.45, 2.75) is 6.54 Å². The Morgan fingerprint density at radius 1 is 1.20 bits per heavy atom. The fourth-order valence-corrected chi connectivity index (χ4v) is 2.43. The highest BCUT2D eigenvalue weighted by molar-refractivity contribution is 9.10. The minimum atomic E-state index is -0.0614. The summed E-state index contributed by atoms with van der Waals surface area (Å²) in [4.78, 5) is 16.0. The van der Waals surface area contributed by atoms with Crippen molar-refractivity contribution in [3.63, 3.8) is 0 Å². The van der Waals surface area contributed by atoms with Gasteiger partial charge in [-0.2, -0.15) is 0 Å². The van der Waals surface area contributed by atoms with Gasteiger partial charge in [0.05, 0.1) is 0 Å². The van der Waals surface area contributed by atoms with Crippen molar-refractivity contribution in [2.24, 2.45) is 0 Å². The number of carbonyl (C=O) groups is 1. The van der Waals surface area contributed by atoms with Gasteiger partial charge < -0.3 is 9.88 Å². The Bertz CT molecular complexity index is 752. The molecule has 0 fully saturated rings. The predicted octanol–water partition coefficient (Wildman–Crippen LogP) is 3.44. The maximum Gasteiger partial charge on any atom is 0.244 e. The molecule has 3 rings (SSSR count). The summed E-state index contributed by atoms with van der Waals surface area (Å²) < 4.78 is 2.93. The maximum absolute atomic E-state index is 12.0. The molecular formula is C15H12BrN3O. The van der Waals surface area contributed by atoms with Crippen LogP contribution in [0.15, 0.2) is 59.5 Å². The number of carbonyl (C=O) groups excluding carboxylic acids is 1. The first-order chi connectivity index (χ1) is 9.72. The number of hydrogen-bond donors (Lipinski definition) is 1. The highest BCUT2D eigenvalue weighted by atomic mass is 79.9. The van der Waals surface area contributed by atoms with E-state index in [1.165, 1.54) is 0 Å². The smallest absolute Gasteiger partial charge is 0.244 e. The number of benzene rings is 1. The molecule has 0 spiro atoms. The fourth-order valence-electron chi connectivity index (χ4n) is 2.09. The van der Waals surface area contributed by atoms with Crippen LogP contribution in [0.25, 0.3) is 10.9 Å². The molecule has 2 aromatic heterocycles. The average molecular weight is 330 g/mol. The van der Waals surface area contributed by atoms with Gasteiger partial charge in [-0.15, -0.1) is 0 Å². The van der Waals surface area contributed by atoms with Crippen LogP contribution < -0.4 is 5.32 Å². The third kappa shape index (κ3) is 2.72. The number of rotatable bonds is 3. The molecule has 1 amide bonds. The Morgan fingerprint density at radius 3 is 2.80 bits per heavy atom. The van der Waals surface area contributed by atoms with Crippen LogP contribution in [0.2, 0.25) is 0 Å². The third-order valence-electron chi connectivity index (χ3n) is 3.01. The van der Waals surface area contributed by atoms with E-state index < -0.39 is 0 Å². The quantitative estimate of drug-likeness (QED) is 0.800. The van der Waals surface area contributed by atoms with E-state index in [9.17, 15) is 4.79 Å². The van der Waals surface area contributed by atoms with Gasteiger partial charge in [-0.05, 0) is 35.7 Å². The molecule has 0 aliphatic carbocycles. The van der Waals surface area contributed by atoms with E-state index in [4.69, 9.17) is 0 Å². The SMILES string of the molecule is O=C(Cn1ccc2ccc(Br)cc21)Nc1ccncc1. The van der Waals surface area contributed by atoms with E-state index in [-0.39, 0.29) is 12.5 Å². The Labute approximate surface area is 124 Å². The van der Waals surface area contributed by atoms with E-state index in [2.05, 4.69) is 26.2 Å². The molecule has 0 saturated heterocycles. The lowest BCUT2D eigenvalue weighted by atomic mass is 10.2. The lowest BCUT2D eigenvalue weighted by molar-refractivity contribution is -0.116. The van der Waals surface area contributed by atoms with Crippen molar-refractivity contribution >= 4 is 38.4 Å². The highest BCUT2D eigenvalue weighted by Gasteiger charge is 2.07. The first-order valence-corrected chi connectivity index (χ1v) is 6.96. The van der Waals surface area contributed by atoms with Crippen molar-refractivity contribution in [1.29, 1.82) is 0 Å². The Hall–Kier alpha value is -2.14. The Balaban J connectivity index is 1.79. The summed E-state index contributed by atoms with van der Waals surface area (Å²) >= 11 is 3.45. The Morgan fingerprint density at radius 2 is 2.00 bits per heavy atom. The van der Waals surface area contributed by atoms with Crippen molar-refractivity contribution in [3.8, 4) is 0 Å². The highest BCUT2D eigenvalue weighted by Crippen LogP contribution is 2.21. The molecule has 1 aromatic carbocycles. The Kier molecular flexibility index (Phi) is 3.52. The van der Waals surface area contributed by atoms with Crippen LogP contribution in [0.3, 0.4) is 0 Å². The lowest BCUT2D eigenvalue weighted by Crippen LogP contribution is -2.18. The number of hydrogen-bond acceptors (Lipinski definition) is 2. The summed E-state index contributed by atoms with van der Waals surface area (Å²) in [6.45, 7) is 0.280. The molecule has 3 aromatic rings. The normalized spacial score (nSPS) is 10.7. The topological polar surface area (TPSA) is 46.9 Å². The molecule has 0 aliphatic heterocycles. The number of amides is 1. The second-order valence-corrected chi connectivity index (χ2v) is 5.35. The van der Waals surface area contributed by atoms with Crippen molar-refractivity contribution in [1.82, 2.24) is 9.55 Å². The lowest BCUT2D eigenvalue weighted by Gasteiger charge is -2.07. The summed E-state index contributed by atoms with van der Waals surface area (Å²) in [5, 5.41) is 3.96. The molecule has 2 heterocycles. The van der Waals surface area contributed by atoms with Gasteiger partial charge >= 0.3 is 0 Å². The van der Waals surface area contributed by atoms with Gasteiger partial charge in [-0.1, -0.05) is 22.0 Å². The van der Waals surface area contributed by atoms with Crippen molar-refractivity contribution in [3.05, 3.63) is 59.5 Å². The van der Waals surface area contributed by atoms with Gasteiger partial charge in [0.15, 0.2) is 0 Å². The van der Waals surface area contributed by atoms with E-state index in [0.717, 1.165) is 21.1 Å².